The summed E-state index contributed by atoms with van der Waals surface area (Å²) in [5.41, 5.74) is 2.80. The Labute approximate surface area is 121 Å². The van der Waals surface area contributed by atoms with Gasteiger partial charge >= 0.3 is 0 Å². The third-order valence-corrected chi connectivity index (χ3v) is 5.84. The van der Waals surface area contributed by atoms with E-state index < -0.39 is 0 Å². The molecule has 1 heterocycles. The van der Waals surface area contributed by atoms with Crippen molar-refractivity contribution in [2.45, 2.75) is 37.0 Å². The summed E-state index contributed by atoms with van der Waals surface area (Å²) < 4.78 is 0.565. The van der Waals surface area contributed by atoms with Gasteiger partial charge in [-0.3, -0.25) is 0 Å². The zero-order valence-electron chi connectivity index (χ0n) is 11.8. The van der Waals surface area contributed by atoms with Crippen LogP contribution >= 0.6 is 11.8 Å². The van der Waals surface area contributed by atoms with E-state index in [-0.39, 0.29) is 0 Å². The van der Waals surface area contributed by atoms with Crippen LogP contribution in [0.3, 0.4) is 0 Å². The predicted molar refractivity (Wildman–Crippen MR) is 85.1 cm³/mol. The van der Waals surface area contributed by atoms with Crippen molar-refractivity contribution in [1.29, 1.82) is 0 Å². The van der Waals surface area contributed by atoms with E-state index in [9.17, 15) is 0 Å². The Kier molecular flexibility index (Phi) is 4.04. The Hall–Kier alpha value is -0.670. The minimum absolute atomic E-state index is 0.565. The van der Waals surface area contributed by atoms with Gasteiger partial charge in [0, 0.05) is 36.6 Å². The minimum atomic E-state index is 0.565. The van der Waals surface area contributed by atoms with Crippen molar-refractivity contribution >= 4 is 17.4 Å². The average Bonchev–Trinajstić information content (AvgIpc) is 3.02. The standard InChI is InChI=1S/C16H24N2S/c1-19-16(8-9-16)13-17-12-14-4-6-15(7-5-14)18-10-2-3-11-18/h4-7,17H,2-3,8-13H2,1H3. The first-order valence-electron chi connectivity index (χ1n) is 7.41. The molecule has 0 unspecified atom stereocenters. The number of nitrogens with zero attached hydrogens (tertiary/aromatic N) is 1. The number of nitrogens with one attached hydrogen (secondary N) is 1. The molecule has 104 valence electrons. The summed E-state index contributed by atoms with van der Waals surface area (Å²) in [5.74, 6) is 0. The Bertz CT molecular complexity index is 405. The number of anilines is 1. The molecule has 0 atom stereocenters. The maximum Gasteiger partial charge on any atom is 0.0366 e. The molecule has 1 aliphatic carbocycles. The van der Waals surface area contributed by atoms with Crippen molar-refractivity contribution in [1.82, 2.24) is 5.32 Å². The smallest absolute Gasteiger partial charge is 0.0366 e. The summed E-state index contributed by atoms with van der Waals surface area (Å²) in [6.45, 7) is 4.62. The summed E-state index contributed by atoms with van der Waals surface area (Å²) in [4.78, 5) is 2.49. The van der Waals surface area contributed by atoms with Crippen LogP contribution in [0.4, 0.5) is 5.69 Å². The van der Waals surface area contributed by atoms with E-state index in [0.717, 1.165) is 13.1 Å². The summed E-state index contributed by atoms with van der Waals surface area (Å²) in [6, 6.07) is 9.12. The van der Waals surface area contributed by atoms with Gasteiger partial charge in [-0.15, -0.1) is 0 Å². The lowest BCUT2D eigenvalue weighted by Crippen LogP contribution is -2.25. The fraction of sp³-hybridized carbons (Fsp3) is 0.625. The van der Waals surface area contributed by atoms with Gasteiger partial charge in [-0.05, 0) is 49.6 Å². The van der Waals surface area contributed by atoms with E-state index in [2.05, 4.69) is 40.7 Å². The second-order valence-corrected chi connectivity index (χ2v) is 7.13. The fourth-order valence-corrected chi connectivity index (χ4v) is 3.58. The lowest BCUT2D eigenvalue weighted by atomic mass is 10.2. The zero-order valence-corrected chi connectivity index (χ0v) is 12.6. The largest absolute Gasteiger partial charge is 0.372 e. The first-order chi connectivity index (χ1) is 9.31. The second kappa shape index (κ2) is 5.76. The van der Waals surface area contributed by atoms with Gasteiger partial charge in [-0.2, -0.15) is 11.8 Å². The van der Waals surface area contributed by atoms with Crippen LogP contribution in [-0.2, 0) is 6.54 Å². The van der Waals surface area contributed by atoms with Gasteiger partial charge in [0.2, 0.25) is 0 Å². The van der Waals surface area contributed by atoms with Crippen LogP contribution in [0, 0.1) is 0 Å². The molecule has 0 bridgehead atoms. The third kappa shape index (κ3) is 3.26. The molecule has 1 aromatic rings. The van der Waals surface area contributed by atoms with Crippen LogP contribution in [-0.4, -0.2) is 30.6 Å². The van der Waals surface area contributed by atoms with Gasteiger partial charge in [0.1, 0.15) is 0 Å². The lowest BCUT2D eigenvalue weighted by Gasteiger charge is -2.18. The summed E-state index contributed by atoms with van der Waals surface area (Å²) >= 11 is 2.02. The molecule has 1 saturated heterocycles. The Balaban J connectivity index is 1.48. The van der Waals surface area contributed by atoms with Crippen molar-refractivity contribution in [2.24, 2.45) is 0 Å². The highest BCUT2D eigenvalue weighted by Gasteiger charge is 2.41. The van der Waals surface area contributed by atoms with Crippen LogP contribution < -0.4 is 10.2 Å². The number of thioether (sulfide) groups is 1. The molecule has 2 nitrogen and oxygen atoms in total. The molecule has 2 fully saturated rings. The summed E-state index contributed by atoms with van der Waals surface area (Å²) in [5, 5.41) is 3.61. The third-order valence-electron chi connectivity index (χ3n) is 4.42. The van der Waals surface area contributed by atoms with E-state index in [4.69, 9.17) is 0 Å². The number of benzene rings is 1. The molecule has 0 radical (unpaired) electrons. The Morgan fingerprint density at radius 2 is 1.84 bits per heavy atom. The fourth-order valence-electron chi connectivity index (χ4n) is 2.83. The van der Waals surface area contributed by atoms with Gasteiger partial charge in [0.25, 0.3) is 0 Å². The topological polar surface area (TPSA) is 15.3 Å². The van der Waals surface area contributed by atoms with E-state index in [0.29, 0.717) is 4.75 Å². The SMILES string of the molecule is CSC1(CNCc2ccc(N3CCCC3)cc2)CC1. The van der Waals surface area contributed by atoms with Crippen LogP contribution in [0.25, 0.3) is 0 Å². The zero-order chi connectivity index (χ0) is 13.1. The van der Waals surface area contributed by atoms with E-state index >= 15 is 0 Å². The van der Waals surface area contributed by atoms with Crippen LogP contribution in [0.2, 0.25) is 0 Å². The molecule has 1 aliphatic heterocycles. The number of hydrogen-bond donors (Lipinski definition) is 1. The van der Waals surface area contributed by atoms with Crippen LogP contribution in [0.5, 0.6) is 0 Å². The summed E-state index contributed by atoms with van der Waals surface area (Å²) in [7, 11) is 0. The average molecular weight is 276 g/mol. The maximum absolute atomic E-state index is 3.61. The predicted octanol–water partition coefficient (Wildman–Crippen LogP) is 3.27. The molecule has 0 amide bonds. The molecular formula is C16H24N2S. The van der Waals surface area contributed by atoms with E-state index in [1.807, 2.05) is 11.8 Å². The van der Waals surface area contributed by atoms with Gasteiger partial charge in [-0.1, -0.05) is 12.1 Å². The molecule has 1 N–H and O–H groups in total. The minimum Gasteiger partial charge on any atom is -0.372 e. The highest BCUT2D eigenvalue weighted by atomic mass is 32.2. The van der Waals surface area contributed by atoms with Crippen LogP contribution in [0.1, 0.15) is 31.2 Å². The van der Waals surface area contributed by atoms with Gasteiger partial charge in [0.05, 0.1) is 0 Å². The Morgan fingerprint density at radius 1 is 1.16 bits per heavy atom. The normalized spacial score (nSPS) is 20.8. The molecule has 0 aromatic heterocycles. The van der Waals surface area contributed by atoms with Crippen molar-refractivity contribution in [3.8, 4) is 0 Å². The Morgan fingerprint density at radius 3 is 2.42 bits per heavy atom. The lowest BCUT2D eigenvalue weighted by molar-refractivity contribution is 0.663. The molecule has 1 aromatic carbocycles. The molecule has 0 spiro atoms. The highest BCUT2D eigenvalue weighted by molar-refractivity contribution is 8.00. The van der Waals surface area contributed by atoms with Gasteiger partial charge < -0.3 is 10.2 Å². The van der Waals surface area contributed by atoms with Crippen molar-refractivity contribution < 1.29 is 0 Å². The number of rotatable bonds is 6. The van der Waals surface area contributed by atoms with Gasteiger partial charge in [-0.25, -0.2) is 0 Å². The first-order valence-corrected chi connectivity index (χ1v) is 8.64. The highest BCUT2D eigenvalue weighted by Crippen LogP contribution is 2.46. The number of hydrogen-bond acceptors (Lipinski definition) is 3. The molecule has 3 rings (SSSR count). The van der Waals surface area contributed by atoms with Crippen molar-refractivity contribution in [3.63, 3.8) is 0 Å². The van der Waals surface area contributed by atoms with Crippen LogP contribution in [0.15, 0.2) is 24.3 Å². The van der Waals surface area contributed by atoms with E-state index in [1.54, 1.807) is 0 Å². The summed E-state index contributed by atoms with van der Waals surface area (Å²) in [6.07, 6.45) is 7.70. The molecule has 19 heavy (non-hydrogen) atoms. The molecular weight excluding hydrogens is 252 g/mol. The first kappa shape index (κ1) is 13.3. The molecule has 3 heteroatoms. The second-order valence-electron chi connectivity index (χ2n) is 5.85. The van der Waals surface area contributed by atoms with E-state index in [1.165, 1.54) is 50.0 Å². The quantitative estimate of drug-likeness (QED) is 0.858. The molecule has 1 saturated carbocycles. The van der Waals surface area contributed by atoms with Crippen molar-refractivity contribution in [3.05, 3.63) is 29.8 Å². The monoisotopic (exact) mass is 276 g/mol. The van der Waals surface area contributed by atoms with Gasteiger partial charge in [0.15, 0.2) is 0 Å². The van der Waals surface area contributed by atoms with Crippen molar-refractivity contribution in [2.75, 3.05) is 30.8 Å². The maximum atomic E-state index is 3.61. The molecule has 2 aliphatic rings.